The Morgan fingerprint density at radius 3 is 2.29 bits per heavy atom. The SMILES string of the molecule is CCOC(=O)C1=C(CN2CCN(Cc3ccccc3)CC2)N(C)C(=O)NC1c1ccc(Cl)c(Cl)c1. The van der Waals surface area contributed by atoms with Crippen LogP contribution in [-0.2, 0) is 16.1 Å². The largest absolute Gasteiger partial charge is 0.463 e. The Labute approximate surface area is 216 Å². The van der Waals surface area contributed by atoms with Gasteiger partial charge in [-0.1, -0.05) is 59.6 Å². The van der Waals surface area contributed by atoms with Gasteiger partial charge >= 0.3 is 12.0 Å². The van der Waals surface area contributed by atoms with Crippen LogP contribution < -0.4 is 5.32 Å². The molecule has 1 saturated heterocycles. The van der Waals surface area contributed by atoms with Gasteiger partial charge in [-0.15, -0.1) is 0 Å². The van der Waals surface area contributed by atoms with Crippen molar-refractivity contribution in [3.63, 3.8) is 0 Å². The number of nitrogens with one attached hydrogen (secondary N) is 1. The van der Waals surface area contributed by atoms with Gasteiger partial charge in [-0.2, -0.15) is 0 Å². The second-order valence-corrected chi connectivity index (χ2v) is 9.55. The molecule has 9 heteroatoms. The topological polar surface area (TPSA) is 65.1 Å². The molecule has 35 heavy (non-hydrogen) atoms. The number of nitrogens with zero attached hydrogens (tertiary/aromatic N) is 3. The Kier molecular flexibility index (Phi) is 8.34. The lowest BCUT2D eigenvalue weighted by Crippen LogP contribution is -2.52. The van der Waals surface area contributed by atoms with E-state index in [0.29, 0.717) is 33.4 Å². The first-order chi connectivity index (χ1) is 16.9. The second-order valence-electron chi connectivity index (χ2n) is 8.73. The van der Waals surface area contributed by atoms with Gasteiger partial charge in [0.1, 0.15) is 0 Å². The molecule has 0 saturated carbocycles. The fourth-order valence-corrected chi connectivity index (χ4v) is 4.81. The molecule has 1 unspecified atom stereocenters. The highest BCUT2D eigenvalue weighted by Gasteiger charge is 2.37. The van der Waals surface area contributed by atoms with Gasteiger partial charge in [0.05, 0.1) is 28.3 Å². The van der Waals surface area contributed by atoms with E-state index < -0.39 is 12.0 Å². The van der Waals surface area contributed by atoms with Crippen molar-refractivity contribution in [2.75, 3.05) is 46.4 Å². The maximum Gasteiger partial charge on any atom is 0.338 e. The van der Waals surface area contributed by atoms with Crippen LogP contribution in [0.5, 0.6) is 0 Å². The first kappa shape index (κ1) is 25.5. The molecule has 1 fully saturated rings. The van der Waals surface area contributed by atoms with Crippen LogP contribution in [0.1, 0.15) is 24.1 Å². The number of piperazine rings is 1. The van der Waals surface area contributed by atoms with Gasteiger partial charge < -0.3 is 10.1 Å². The molecule has 7 nitrogen and oxygen atoms in total. The lowest BCUT2D eigenvalue weighted by Gasteiger charge is -2.39. The molecule has 2 amide bonds. The van der Waals surface area contributed by atoms with Crippen LogP contribution in [0.4, 0.5) is 4.79 Å². The third-order valence-electron chi connectivity index (χ3n) is 6.44. The predicted molar refractivity (Wildman–Crippen MR) is 137 cm³/mol. The zero-order valence-electron chi connectivity index (χ0n) is 20.0. The maximum atomic E-state index is 13.1. The van der Waals surface area contributed by atoms with Crippen molar-refractivity contribution in [2.24, 2.45) is 0 Å². The number of halogens is 2. The highest BCUT2D eigenvalue weighted by molar-refractivity contribution is 6.42. The summed E-state index contributed by atoms with van der Waals surface area (Å²) in [6.45, 7) is 6.86. The molecule has 0 spiro atoms. The standard InChI is InChI=1S/C26H30Cl2N4O3/c1-3-35-25(33)23-22(17-32-13-11-31(12-14-32)16-18-7-5-4-6-8-18)30(2)26(34)29-24(23)19-9-10-20(27)21(28)15-19/h4-10,15,24H,3,11-14,16-17H2,1-2H3,(H,29,34). The third kappa shape index (κ3) is 5.98. The zero-order valence-corrected chi connectivity index (χ0v) is 21.5. The average molecular weight is 517 g/mol. The third-order valence-corrected chi connectivity index (χ3v) is 7.18. The number of hydrogen-bond donors (Lipinski definition) is 1. The summed E-state index contributed by atoms with van der Waals surface area (Å²) in [5.74, 6) is -0.451. The molecule has 0 aromatic heterocycles. The smallest absolute Gasteiger partial charge is 0.338 e. The van der Waals surface area contributed by atoms with Gasteiger partial charge in [0.15, 0.2) is 0 Å². The number of likely N-dealkylation sites (N-methyl/N-ethyl adjacent to an activating group) is 1. The number of ether oxygens (including phenoxy) is 1. The molecule has 0 radical (unpaired) electrons. The van der Waals surface area contributed by atoms with E-state index in [9.17, 15) is 9.59 Å². The second kappa shape index (κ2) is 11.4. The number of benzene rings is 2. The molecular weight excluding hydrogens is 487 g/mol. The minimum absolute atomic E-state index is 0.236. The van der Waals surface area contributed by atoms with E-state index in [1.807, 2.05) is 6.07 Å². The molecule has 2 heterocycles. The van der Waals surface area contributed by atoms with Gasteiger partial charge in [0, 0.05) is 52.0 Å². The minimum atomic E-state index is -0.679. The molecule has 0 bridgehead atoms. The first-order valence-corrected chi connectivity index (χ1v) is 12.5. The highest BCUT2D eigenvalue weighted by Crippen LogP contribution is 2.34. The van der Waals surface area contributed by atoms with E-state index in [0.717, 1.165) is 32.7 Å². The highest BCUT2D eigenvalue weighted by atomic mass is 35.5. The summed E-state index contributed by atoms with van der Waals surface area (Å²) in [4.78, 5) is 32.3. The Morgan fingerprint density at radius 2 is 1.66 bits per heavy atom. The number of esters is 1. The van der Waals surface area contributed by atoms with Crippen molar-refractivity contribution in [2.45, 2.75) is 19.5 Å². The first-order valence-electron chi connectivity index (χ1n) is 11.7. The van der Waals surface area contributed by atoms with Crippen molar-refractivity contribution in [3.05, 3.63) is 81.0 Å². The van der Waals surface area contributed by atoms with E-state index in [2.05, 4.69) is 39.4 Å². The van der Waals surface area contributed by atoms with Gasteiger partial charge in [-0.25, -0.2) is 9.59 Å². The van der Waals surface area contributed by atoms with Gasteiger partial charge in [0.25, 0.3) is 0 Å². The van der Waals surface area contributed by atoms with E-state index in [4.69, 9.17) is 27.9 Å². The normalized spacial score (nSPS) is 19.6. The predicted octanol–water partition coefficient (Wildman–Crippen LogP) is 4.32. The Morgan fingerprint density at radius 1 is 1.00 bits per heavy atom. The molecule has 2 aromatic rings. The van der Waals surface area contributed by atoms with E-state index >= 15 is 0 Å². The summed E-state index contributed by atoms with van der Waals surface area (Å²) in [6, 6.07) is 14.6. The summed E-state index contributed by atoms with van der Waals surface area (Å²) in [7, 11) is 1.68. The van der Waals surface area contributed by atoms with Crippen molar-refractivity contribution >= 4 is 35.2 Å². The molecule has 1 N–H and O–H groups in total. The lowest BCUT2D eigenvalue weighted by atomic mass is 9.94. The van der Waals surface area contributed by atoms with Crippen LogP contribution in [0.3, 0.4) is 0 Å². The average Bonchev–Trinajstić information content (AvgIpc) is 2.85. The van der Waals surface area contributed by atoms with E-state index in [-0.39, 0.29) is 12.6 Å². The van der Waals surface area contributed by atoms with Gasteiger partial charge in [-0.05, 0) is 30.2 Å². The van der Waals surface area contributed by atoms with Crippen LogP contribution in [0.25, 0.3) is 0 Å². The number of carbonyl (C=O) groups is 2. The van der Waals surface area contributed by atoms with Crippen molar-refractivity contribution < 1.29 is 14.3 Å². The Hall–Kier alpha value is -2.58. The molecule has 0 aliphatic carbocycles. The fourth-order valence-electron chi connectivity index (χ4n) is 4.50. The molecular formula is C26H30Cl2N4O3. The summed E-state index contributed by atoms with van der Waals surface area (Å²) in [6.07, 6.45) is 0. The van der Waals surface area contributed by atoms with Crippen LogP contribution >= 0.6 is 23.2 Å². The van der Waals surface area contributed by atoms with Crippen molar-refractivity contribution in [1.82, 2.24) is 20.0 Å². The number of rotatable bonds is 7. The van der Waals surface area contributed by atoms with Crippen molar-refractivity contribution in [1.29, 1.82) is 0 Å². The van der Waals surface area contributed by atoms with Gasteiger partial charge in [0.2, 0.25) is 0 Å². The summed E-state index contributed by atoms with van der Waals surface area (Å²) >= 11 is 12.3. The Bertz CT molecular complexity index is 1100. The lowest BCUT2D eigenvalue weighted by molar-refractivity contribution is -0.139. The summed E-state index contributed by atoms with van der Waals surface area (Å²) in [5, 5.41) is 3.69. The van der Waals surface area contributed by atoms with E-state index in [1.165, 1.54) is 10.5 Å². The molecule has 2 aliphatic rings. The zero-order chi connectivity index (χ0) is 24.9. The maximum absolute atomic E-state index is 13.1. The van der Waals surface area contributed by atoms with Crippen LogP contribution in [0, 0.1) is 0 Å². The molecule has 186 valence electrons. The molecule has 2 aliphatic heterocycles. The van der Waals surface area contributed by atoms with Crippen LogP contribution in [0.15, 0.2) is 59.8 Å². The minimum Gasteiger partial charge on any atom is -0.463 e. The number of amides is 2. The van der Waals surface area contributed by atoms with Crippen LogP contribution in [0.2, 0.25) is 10.0 Å². The number of hydrogen-bond acceptors (Lipinski definition) is 5. The van der Waals surface area contributed by atoms with Gasteiger partial charge in [-0.3, -0.25) is 14.7 Å². The Balaban J connectivity index is 1.57. The summed E-state index contributed by atoms with van der Waals surface area (Å²) < 4.78 is 5.41. The van der Waals surface area contributed by atoms with Crippen LogP contribution in [-0.4, -0.2) is 73.1 Å². The van der Waals surface area contributed by atoms with E-state index in [1.54, 1.807) is 32.2 Å². The van der Waals surface area contributed by atoms with Crippen molar-refractivity contribution in [3.8, 4) is 0 Å². The monoisotopic (exact) mass is 516 g/mol. The fraction of sp³-hybridized carbons (Fsp3) is 0.385. The summed E-state index contributed by atoms with van der Waals surface area (Å²) in [5.41, 5.74) is 3.02. The molecule has 4 rings (SSSR count). The number of urea groups is 1. The molecule has 2 aromatic carbocycles. The quantitative estimate of drug-likeness (QED) is 0.555. The number of carbonyl (C=O) groups excluding carboxylic acids is 2. The molecule has 1 atom stereocenters.